The molecule has 0 saturated carbocycles. The molecule has 0 saturated heterocycles. The molecule has 0 aromatic rings. The summed E-state index contributed by atoms with van der Waals surface area (Å²) in [7, 11) is 0. The lowest BCUT2D eigenvalue weighted by Crippen LogP contribution is -1.86. The van der Waals surface area contributed by atoms with Crippen LogP contribution in [0.15, 0.2) is 9.47 Å². The SMILES string of the molecule is CC(=O)CC(Br)=CBr. The van der Waals surface area contributed by atoms with Crippen molar-refractivity contribution in [2.24, 2.45) is 0 Å². The van der Waals surface area contributed by atoms with Crippen LogP contribution >= 0.6 is 31.9 Å². The van der Waals surface area contributed by atoms with Crippen LogP contribution in [0.4, 0.5) is 0 Å². The van der Waals surface area contributed by atoms with E-state index in [4.69, 9.17) is 0 Å². The van der Waals surface area contributed by atoms with Crippen molar-refractivity contribution in [3.05, 3.63) is 9.47 Å². The van der Waals surface area contributed by atoms with Gasteiger partial charge in [0.15, 0.2) is 0 Å². The molecule has 0 atom stereocenters. The summed E-state index contributed by atoms with van der Waals surface area (Å²) in [5.74, 6) is 0.160. The molecule has 1 nitrogen and oxygen atoms in total. The predicted octanol–water partition coefficient (Wildman–Crippen LogP) is 2.60. The number of rotatable bonds is 2. The second-order valence-corrected chi connectivity index (χ2v) is 2.91. The van der Waals surface area contributed by atoms with E-state index in [1.165, 1.54) is 0 Å². The molecular weight excluding hydrogens is 236 g/mol. The molecular formula is C5H6Br2O. The maximum atomic E-state index is 10.3. The van der Waals surface area contributed by atoms with Crippen LogP contribution in [0.2, 0.25) is 0 Å². The van der Waals surface area contributed by atoms with Crippen molar-refractivity contribution in [2.45, 2.75) is 13.3 Å². The number of carbonyl (C=O) groups is 1. The van der Waals surface area contributed by atoms with Crippen molar-refractivity contribution in [2.75, 3.05) is 0 Å². The summed E-state index contributed by atoms with van der Waals surface area (Å²) in [4.78, 5) is 12.0. The van der Waals surface area contributed by atoms with Crippen molar-refractivity contribution >= 4 is 37.6 Å². The van der Waals surface area contributed by atoms with E-state index in [2.05, 4.69) is 31.9 Å². The van der Waals surface area contributed by atoms with Gasteiger partial charge >= 0.3 is 0 Å². The molecule has 0 N–H and O–H groups in total. The van der Waals surface area contributed by atoms with Gasteiger partial charge in [0.1, 0.15) is 5.78 Å². The Kier molecular flexibility index (Phi) is 4.47. The molecule has 0 unspecified atom stereocenters. The molecule has 3 heteroatoms. The standard InChI is InChI=1S/C5H6Br2O/c1-4(8)2-5(7)3-6/h3H,2H2,1H3. The Bertz CT molecular complexity index is 118. The van der Waals surface area contributed by atoms with Gasteiger partial charge in [-0.3, -0.25) is 4.79 Å². The summed E-state index contributed by atoms with van der Waals surface area (Å²) < 4.78 is 0.880. The van der Waals surface area contributed by atoms with Crippen molar-refractivity contribution in [3.8, 4) is 0 Å². The quantitative estimate of drug-likeness (QED) is 0.727. The Morgan fingerprint density at radius 1 is 1.75 bits per heavy atom. The molecule has 0 aliphatic rings. The minimum Gasteiger partial charge on any atom is -0.300 e. The van der Waals surface area contributed by atoms with Crippen molar-refractivity contribution < 1.29 is 4.79 Å². The van der Waals surface area contributed by atoms with Crippen LogP contribution in [0.5, 0.6) is 0 Å². The fraction of sp³-hybridized carbons (Fsp3) is 0.400. The zero-order chi connectivity index (χ0) is 6.57. The molecule has 0 amide bonds. The smallest absolute Gasteiger partial charge is 0.134 e. The first-order valence-electron chi connectivity index (χ1n) is 2.11. The Labute approximate surface area is 65.4 Å². The van der Waals surface area contributed by atoms with E-state index in [9.17, 15) is 4.79 Å². The monoisotopic (exact) mass is 240 g/mol. The van der Waals surface area contributed by atoms with Crippen LogP contribution in [0, 0.1) is 0 Å². The third kappa shape index (κ3) is 4.53. The Morgan fingerprint density at radius 3 is 2.38 bits per heavy atom. The highest BCUT2D eigenvalue weighted by molar-refractivity contribution is 9.14. The minimum atomic E-state index is 0.160. The molecule has 0 radical (unpaired) electrons. The number of Topliss-reactive ketones (excluding diaryl/α,β-unsaturated/α-hetero) is 1. The molecule has 0 fully saturated rings. The van der Waals surface area contributed by atoms with Gasteiger partial charge in [-0.15, -0.1) is 0 Å². The van der Waals surface area contributed by atoms with E-state index in [1.54, 1.807) is 11.9 Å². The summed E-state index contributed by atoms with van der Waals surface area (Å²) in [6.45, 7) is 1.55. The van der Waals surface area contributed by atoms with E-state index in [1.807, 2.05) is 0 Å². The van der Waals surface area contributed by atoms with Gasteiger partial charge < -0.3 is 0 Å². The molecule has 0 aliphatic heterocycles. The lowest BCUT2D eigenvalue weighted by Gasteiger charge is -1.87. The second kappa shape index (κ2) is 4.27. The molecule has 0 aromatic carbocycles. The predicted molar refractivity (Wildman–Crippen MR) is 41.2 cm³/mol. The summed E-state index contributed by atoms with van der Waals surface area (Å²) in [6, 6.07) is 0. The fourth-order valence-electron chi connectivity index (χ4n) is 0.276. The Hall–Kier alpha value is 0.370. The third-order valence-electron chi connectivity index (χ3n) is 0.536. The Balaban J connectivity index is 3.56. The van der Waals surface area contributed by atoms with Crippen molar-refractivity contribution in [1.82, 2.24) is 0 Å². The molecule has 0 bridgehead atoms. The van der Waals surface area contributed by atoms with E-state index < -0.39 is 0 Å². The van der Waals surface area contributed by atoms with Crippen molar-refractivity contribution in [1.29, 1.82) is 0 Å². The number of allylic oxidation sites excluding steroid dienone is 1. The van der Waals surface area contributed by atoms with E-state index in [0.717, 1.165) is 4.48 Å². The minimum absolute atomic E-state index is 0.160. The largest absolute Gasteiger partial charge is 0.300 e. The van der Waals surface area contributed by atoms with Crippen molar-refractivity contribution in [3.63, 3.8) is 0 Å². The highest BCUT2D eigenvalue weighted by Crippen LogP contribution is 2.11. The molecule has 0 spiro atoms. The van der Waals surface area contributed by atoms with Gasteiger partial charge in [0.2, 0.25) is 0 Å². The first-order valence-corrected chi connectivity index (χ1v) is 3.82. The highest BCUT2D eigenvalue weighted by Gasteiger charge is 1.93. The summed E-state index contributed by atoms with van der Waals surface area (Å²) in [5, 5.41) is 0. The van der Waals surface area contributed by atoms with Gasteiger partial charge in [0.25, 0.3) is 0 Å². The molecule has 0 aromatic heterocycles. The van der Waals surface area contributed by atoms with Gasteiger partial charge in [-0.05, 0) is 11.9 Å². The van der Waals surface area contributed by atoms with Gasteiger partial charge in [-0.25, -0.2) is 0 Å². The molecule has 0 rings (SSSR count). The fourth-order valence-corrected chi connectivity index (χ4v) is 0.833. The highest BCUT2D eigenvalue weighted by atomic mass is 79.9. The maximum absolute atomic E-state index is 10.3. The zero-order valence-electron chi connectivity index (χ0n) is 4.45. The second-order valence-electron chi connectivity index (χ2n) is 1.43. The van der Waals surface area contributed by atoms with Crippen LogP contribution in [0.25, 0.3) is 0 Å². The van der Waals surface area contributed by atoms with E-state index in [-0.39, 0.29) is 5.78 Å². The number of ketones is 1. The van der Waals surface area contributed by atoms with Gasteiger partial charge in [-0.2, -0.15) is 0 Å². The topological polar surface area (TPSA) is 17.1 Å². The van der Waals surface area contributed by atoms with Gasteiger partial charge in [0.05, 0.1) is 0 Å². The van der Waals surface area contributed by atoms with E-state index in [0.29, 0.717) is 6.42 Å². The van der Waals surface area contributed by atoms with Gasteiger partial charge in [-0.1, -0.05) is 31.9 Å². The van der Waals surface area contributed by atoms with E-state index >= 15 is 0 Å². The van der Waals surface area contributed by atoms with Crippen LogP contribution in [0.3, 0.4) is 0 Å². The summed E-state index contributed by atoms with van der Waals surface area (Å²) in [5.41, 5.74) is 0. The van der Waals surface area contributed by atoms with Crippen LogP contribution in [-0.2, 0) is 4.79 Å². The Morgan fingerprint density at radius 2 is 2.25 bits per heavy atom. The zero-order valence-corrected chi connectivity index (χ0v) is 7.62. The summed E-state index contributed by atoms with van der Waals surface area (Å²) >= 11 is 6.25. The lowest BCUT2D eigenvalue weighted by molar-refractivity contribution is -0.116. The first-order chi connectivity index (χ1) is 3.66. The number of hydrogen-bond acceptors (Lipinski definition) is 1. The number of carbonyl (C=O) groups excluding carboxylic acids is 1. The number of hydrogen-bond donors (Lipinski definition) is 0. The maximum Gasteiger partial charge on any atom is 0.134 e. The molecule has 46 valence electrons. The lowest BCUT2D eigenvalue weighted by atomic mass is 10.3. The molecule has 0 heterocycles. The normalized spacial score (nSPS) is 11.6. The number of halogens is 2. The first kappa shape index (κ1) is 8.37. The third-order valence-corrected chi connectivity index (χ3v) is 2.21. The van der Waals surface area contributed by atoms with Gasteiger partial charge in [0, 0.05) is 10.9 Å². The molecule has 8 heavy (non-hydrogen) atoms. The summed E-state index contributed by atoms with van der Waals surface area (Å²) in [6.07, 6.45) is 0.477. The van der Waals surface area contributed by atoms with Crippen LogP contribution < -0.4 is 0 Å². The van der Waals surface area contributed by atoms with Crippen LogP contribution in [0.1, 0.15) is 13.3 Å². The van der Waals surface area contributed by atoms with Crippen LogP contribution in [-0.4, -0.2) is 5.78 Å². The average molecular weight is 242 g/mol. The molecule has 0 aliphatic carbocycles. The average Bonchev–Trinajstić information content (AvgIpc) is 1.65.